The molecule has 1 atom stereocenters. The first-order valence-electron chi connectivity index (χ1n) is 5.03. The topological polar surface area (TPSA) is 50.9 Å². The fourth-order valence-electron chi connectivity index (χ4n) is 1.65. The van der Waals surface area contributed by atoms with E-state index in [2.05, 4.69) is 26.3 Å². The molecule has 1 aromatic carbocycles. The third-order valence-corrected chi connectivity index (χ3v) is 2.95. The Morgan fingerprint density at radius 3 is 2.82 bits per heavy atom. The summed E-state index contributed by atoms with van der Waals surface area (Å²) in [5.41, 5.74) is 3.90. The molecular weight excluding hydrogens is 285 g/mol. The second-order valence-electron chi connectivity index (χ2n) is 3.55. The summed E-state index contributed by atoms with van der Waals surface area (Å²) in [5, 5.41) is 0. The van der Waals surface area contributed by atoms with Crippen molar-refractivity contribution >= 4 is 15.9 Å². The lowest BCUT2D eigenvalue weighted by Gasteiger charge is -2.17. The summed E-state index contributed by atoms with van der Waals surface area (Å²) in [6.07, 6.45) is 3.32. The number of hydrazine groups is 1. The Kier molecular flexibility index (Phi) is 3.83. The highest BCUT2D eigenvalue weighted by Crippen LogP contribution is 2.25. The summed E-state index contributed by atoms with van der Waals surface area (Å²) in [6.45, 7) is 0. The molecule has 1 unspecified atom stereocenters. The van der Waals surface area contributed by atoms with E-state index >= 15 is 0 Å². The van der Waals surface area contributed by atoms with E-state index in [0.29, 0.717) is 5.56 Å². The van der Waals surface area contributed by atoms with Gasteiger partial charge in [-0.25, -0.2) is 9.82 Å². The number of halogens is 2. The number of nitrogens with one attached hydrogen (secondary N) is 1. The fraction of sp³-hybridized carbons (Fsp3) is 0.0833. The van der Waals surface area contributed by atoms with Gasteiger partial charge >= 0.3 is 0 Å². The van der Waals surface area contributed by atoms with Gasteiger partial charge in [0.15, 0.2) is 0 Å². The molecule has 0 aliphatic rings. The Labute approximate surface area is 107 Å². The minimum absolute atomic E-state index is 0.306. The van der Waals surface area contributed by atoms with E-state index in [1.54, 1.807) is 30.6 Å². The van der Waals surface area contributed by atoms with Gasteiger partial charge in [0, 0.05) is 22.4 Å². The first-order valence-corrected chi connectivity index (χ1v) is 5.82. The molecule has 0 bridgehead atoms. The first-order chi connectivity index (χ1) is 8.22. The van der Waals surface area contributed by atoms with Gasteiger partial charge < -0.3 is 0 Å². The lowest BCUT2D eigenvalue weighted by Crippen LogP contribution is -2.29. The van der Waals surface area contributed by atoms with E-state index in [1.165, 1.54) is 6.07 Å². The highest BCUT2D eigenvalue weighted by Gasteiger charge is 2.16. The summed E-state index contributed by atoms with van der Waals surface area (Å²) < 4.78 is 14.6. The molecule has 17 heavy (non-hydrogen) atoms. The zero-order valence-corrected chi connectivity index (χ0v) is 10.5. The van der Waals surface area contributed by atoms with Crippen molar-refractivity contribution in [3.63, 3.8) is 0 Å². The van der Waals surface area contributed by atoms with Crippen LogP contribution >= 0.6 is 15.9 Å². The number of aromatic nitrogens is 1. The van der Waals surface area contributed by atoms with Crippen LogP contribution < -0.4 is 11.3 Å². The minimum Gasteiger partial charge on any atom is -0.271 e. The molecule has 2 rings (SSSR count). The maximum atomic E-state index is 13.8. The van der Waals surface area contributed by atoms with Gasteiger partial charge in [-0.05, 0) is 29.8 Å². The number of hydrogen-bond donors (Lipinski definition) is 2. The summed E-state index contributed by atoms with van der Waals surface area (Å²) >= 11 is 3.32. The zero-order chi connectivity index (χ0) is 12.3. The van der Waals surface area contributed by atoms with E-state index in [-0.39, 0.29) is 5.82 Å². The van der Waals surface area contributed by atoms with Gasteiger partial charge in [-0.3, -0.25) is 10.8 Å². The van der Waals surface area contributed by atoms with Crippen LogP contribution in [0.4, 0.5) is 4.39 Å². The van der Waals surface area contributed by atoms with E-state index < -0.39 is 6.04 Å². The molecule has 0 aliphatic heterocycles. The molecule has 0 spiro atoms. The molecule has 1 aromatic heterocycles. The van der Waals surface area contributed by atoms with Crippen molar-refractivity contribution in [2.75, 3.05) is 0 Å². The number of nitrogens with two attached hydrogens (primary N) is 1. The van der Waals surface area contributed by atoms with Crippen LogP contribution in [0.1, 0.15) is 17.2 Å². The van der Waals surface area contributed by atoms with Gasteiger partial charge in [-0.1, -0.05) is 22.0 Å². The predicted molar refractivity (Wildman–Crippen MR) is 67.5 cm³/mol. The molecule has 0 aliphatic carbocycles. The Bertz CT molecular complexity index is 504. The molecule has 88 valence electrons. The highest BCUT2D eigenvalue weighted by atomic mass is 79.9. The number of hydrogen-bond acceptors (Lipinski definition) is 3. The van der Waals surface area contributed by atoms with Gasteiger partial charge in [-0.15, -0.1) is 0 Å². The predicted octanol–water partition coefficient (Wildman–Crippen LogP) is 2.54. The maximum Gasteiger partial charge on any atom is 0.128 e. The third-order valence-electron chi connectivity index (χ3n) is 2.45. The number of pyridine rings is 1. The van der Waals surface area contributed by atoms with Crippen LogP contribution in [0.2, 0.25) is 0 Å². The number of nitrogens with zero attached hydrogens (tertiary/aromatic N) is 1. The fourth-order valence-corrected chi connectivity index (χ4v) is 2.03. The minimum atomic E-state index is -0.416. The van der Waals surface area contributed by atoms with Crippen molar-refractivity contribution in [1.82, 2.24) is 10.4 Å². The smallest absolute Gasteiger partial charge is 0.128 e. The maximum absolute atomic E-state index is 13.8. The first kappa shape index (κ1) is 12.2. The van der Waals surface area contributed by atoms with Gasteiger partial charge in [-0.2, -0.15) is 0 Å². The highest BCUT2D eigenvalue weighted by molar-refractivity contribution is 9.10. The van der Waals surface area contributed by atoms with Crippen LogP contribution in [0.5, 0.6) is 0 Å². The van der Waals surface area contributed by atoms with Gasteiger partial charge in [0.2, 0.25) is 0 Å². The molecule has 5 heteroatoms. The lowest BCUT2D eigenvalue weighted by atomic mass is 10.0. The van der Waals surface area contributed by atoms with E-state index in [9.17, 15) is 4.39 Å². The van der Waals surface area contributed by atoms with Gasteiger partial charge in [0.25, 0.3) is 0 Å². The monoisotopic (exact) mass is 295 g/mol. The molecule has 3 nitrogen and oxygen atoms in total. The summed E-state index contributed by atoms with van der Waals surface area (Å²) in [7, 11) is 0. The van der Waals surface area contributed by atoms with Crippen LogP contribution in [0.3, 0.4) is 0 Å². The quantitative estimate of drug-likeness (QED) is 0.676. The molecule has 0 saturated carbocycles. The summed E-state index contributed by atoms with van der Waals surface area (Å²) in [5.74, 6) is 5.19. The van der Waals surface area contributed by atoms with Gasteiger partial charge in [0.05, 0.1) is 6.04 Å². The largest absolute Gasteiger partial charge is 0.271 e. The van der Waals surface area contributed by atoms with Crippen molar-refractivity contribution < 1.29 is 4.39 Å². The van der Waals surface area contributed by atoms with E-state index in [4.69, 9.17) is 5.84 Å². The third kappa shape index (κ3) is 2.69. The molecule has 0 fully saturated rings. The lowest BCUT2D eigenvalue weighted by molar-refractivity contribution is 0.559. The van der Waals surface area contributed by atoms with Crippen molar-refractivity contribution in [2.45, 2.75) is 6.04 Å². The van der Waals surface area contributed by atoms with Crippen LogP contribution in [0.15, 0.2) is 47.2 Å². The van der Waals surface area contributed by atoms with Crippen LogP contribution in [0.25, 0.3) is 0 Å². The van der Waals surface area contributed by atoms with Crippen molar-refractivity contribution in [3.8, 4) is 0 Å². The van der Waals surface area contributed by atoms with Crippen LogP contribution in [-0.2, 0) is 0 Å². The second-order valence-corrected chi connectivity index (χ2v) is 4.47. The average Bonchev–Trinajstić information content (AvgIpc) is 2.36. The molecular formula is C12H11BrFN3. The van der Waals surface area contributed by atoms with Crippen LogP contribution in [0, 0.1) is 5.82 Å². The second kappa shape index (κ2) is 5.35. The molecule has 3 N–H and O–H groups in total. The molecule has 2 aromatic rings. The molecule has 0 radical (unpaired) electrons. The van der Waals surface area contributed by atoms with Crippen molar-refractivity contribution in [2.24, 2.45) is 5.84 Å². The van der Waals surface area contributed by atoms with Gasteiger partial charge in [0.1, 0.15) is 5.82 Å². The standard InChI is InChI=1S/C12H11BrFN3/c13-9-3-4-11(14)10(6-9)12(17-15)8-2-1-5-16-7-8/h1-7,12,17H,15H2. The number of benzene rings is 1. The van der Waals surface area contributed by atoms with Crippen molar-refractivity contribution in [1.29, 1.82) is 0 Å². The van der Waals surface area contributed by atoms with Crippen LogP contribution in [-0.4, -0.2) is 4.98 Å². The van der Waals surface area contributed by atoms with Crippen molar-refractivity contribution in [3.05, 3.63) is 64.1 Å². The average molecular weight is 296 g/mol. The summed E-state index contributed by atoms with van der Waals surface area (Å²) in [6, 6.07) is 7.97. The summed E-state index contributed by atoms with van der Waals surface area (Å²) in [4.78, 5) is 4.00. The van der Waals surface area contributed by atoms with E-state index in [1.807, 2.05) is 6.07 Å². The molecule has 0 amide bonds. The Morgan fingerprint density at radius 1 is 1.35 bits per heavy atom. The Hall–Kier alpha value is -1.30. The molecule has 0 saturated heterocycles. The zero-order valence-electron chi connectivity index (χ0n) is 8.90. The normalized spacial score (nSPS) is 12.4. The molecule has 1 heterocycles. The van der Waals surface area contributed by atoms with E-state index in [0.717, 1.165) is 10.0 Å². The Morgan fingerprint density at radius 2 is 2.18 bits per heavy atom. The Balaban J connectivity index is 2.46. The number of rotatable bonds is 3. The SMILES string of the molecule is NNC(c1cccnc1)c1cc(Br)ccc1F.